The number of ether oxygens (including phenoxy) is 1. The van der Waals surface area contributed by atoms with E-state index in [1.54, 1.807) is 38.0 Å². The number of nitrogens with one attached hydrogen (secondary N) is 3. The van der Waals surface area contributed by atoms with Crippen molar-refractivity contribution in [3.05, 3.63) is 48.4 Å². The minimum absolute atomic E-state index is 0.0123. The summed E-state index contributed by atoms with van der Waals surface area (Å²) in [6, 6.07) is 0. The summed E-state index contributed by atoms with van der Waals surface area (Å²) in [7, 11) is 0. The molecule has 0 aromatic carbocycles. The number of hydrazine groups is 1. The Morgan fingerprint density at radius 3 is 2.88 bits per heavy atom. The third-order valence-corrected chi connectivity index (χ3v) is 5.93. The van der Waals surface area contributed by atoms with Crippen LogP contribution in [0.15, 0.2) is 36.8 Å². The Morgan fingerprint density at radius 2 is 2.09 bits per heavy atom. The Bertz CT molecular complexity index is 994. The molecule has 1 aliphatic carbocycles. The summed E-state index contributed by atoms with van der Waals surface area (Å²) in [6.07, 6.45) is 13.9. The van der Waals surface area contributed by atoms with Gasteiger partial charge in [-0.3, -0.25) is 25.3 Å². The molecule has 1 saturated carbocycles. The third-order valence-electron chi connectivity index (χ3n) is 5.93. The second-order valence-electron chi connectivity index (χ2n) is 8.33. The van der Waals surface area contributed by atoms with Crippen LogP contribution in [0.5, 0.6) is 0 Å². The highest BCUT2D eigenvalue weighted by Crippen LogP contribution is 2.31. The Hall–Kier alpha value is -3.67. The maximum atomic E-state index is 15.3. The van der Waals surface area contributed by atoms with Crippen molar-refractivity contribution in [2.45, 2.75) is 39.0 Å². The number of halogens is 1. The smallest absolute Gasteiger partial charge is 0.243 e. The van der Waals surface area contributed by atoms with Gasteiger partial charge in [-0.25, -0.2) is 15.4 Å². The van der Waals surface area contributed by atoms with Crippen LogP contribution in [0.3, 0.4) is 0 Å². The molecule has 34 heavy (non-hydrogen) atoms. The van der Waals surface area contributed by atoms with Crippen molar-refractivity contribution in [3.8, 4) is 0 Å². The van der Waals surface area contributed by atoms with E-state index in [-0.39, 0.29) is 24.1 Å². The van der Waals surface area contributed by atoms with Gasteiger partial charge in [0.2, 0.25) is 18.1 Å². The molecule has 0 bridgehead atoms. The highest BCUT2D eigenvalue weighted by Gasteiger charge is 2.27. The zero-order valence-corrected chi connectivity index (χ0v) is 18.9. The van der Waals surface area contributed by atoms with Crippen LogP contribution >= 0.6 is 0 Å². The number of aryl methyl sites for hydroxylation is 1. The SMILES string of the molecule is Cc1nc(NNC(=O)[C@@H](CONC=O)CC2CCCC2)c(F)c(N2C=CN3C=COCC3=C2)n1. The monoisotopic (exact) mass is 473 g/mol. The molecule has 0 spiro atoms. The van der Waals surface area contributed by atoms with Gasteiger partial charge >= 0.3 is 0 Å². The maximum absolute atomic E-state index is 15.3. The van der Waals surface area contributed by atoms with Crippen molar-refractivity contribution in [2.75, 3.05) is 23.5 Å². The Balaban J connectivity index is 1.45. The Morgan fingerprint density at radius 1 is 1.29 bits per heavy atom. The van der Waals surface area contributed by atoms with E-state index < -0.39 is 11.7 Å². The molecule has 182 valence electrons. The van der Waals surface area contributed by atoms with E-state index >= 15 is 4.39 Å². The summed E-state index contributed by atoms with van der Waals surface area (Å²) >= 11 is 0. The standard InChI is InChI=1S/C22H28FN7O4/c1-15-25-20(19(23)21(26-15)30-7-6-29-8-9-33-13-18(29)11-30)27-28-22(32)17(12-34-24-14-31)10-16-4-2-3-5-16/h6-9,11,14,16-17H,2-5,10,12-13H2,1H3,(H,24,31)(H,28,32)(H,25,26,27)/t17-/m1/s1. The van der Waals surface area contributed by atoms with Crippen molar-refractivity contribution in [1.29, 1.82) is 0 Å². The average molecular weight is 474 g/mol. The first-order chi connectivity index (χ1) is 16.5. The van der Waals surface area contributed by atoms with Crippen LogP contribution in [-0.4, -0.2) is 40.4 Å². The fourth-order valence-electron chi connectivity index (χ4n) is 4.24. The lowest BCUT2D eigenvalue weighted by Gasteiger charge is -2.30. The topological polar surface area (TPSA) is 121 Å². The van der Waals surface area contributed by atoms with Crippen LogP contribution in [0.4, 0.5) is 16.0 Å². The number of carbonyl (C=O) groups is 2. The molecule has 12 heteroatoms. The van der Waals surface area contributed by atoms with E-state index in [9.17, 15) is 9.59 Å². The lowest BCUT2D eigenvalue weighted by atomic mass is 9.93. The number of anilines is 2. The lowest BCUT2D eigenvalue weighted by molar-refractivity contribution is -0.132. The van der Waals surface area contributed by atoms with Crippen LogP contribution in [0, 0.1) is 24.6 Å². The van der Waals surface area contributed by atoms with Gasteiger partial charge in [-0.1, -0.05) is 25.7 Å². The number of carbonyl (C=O) groups excluding carboxylic acids is 2. The van der Waals surface area contributed by atoms with E-state index in [1.807, 2.05) is 4.90 Å². The van der Waals surface area contributed by atoms with Gasteiger partial charge in [0.15, 0.2) is 11.6 Å². The molecule has 1 aromatic rings. The second kappa shape index (κ2) is 11.0. The zero-order chi connectivity index (χ0) is 23.9. The molecule has 0 unspecified atom stereocenters. The van der Waals surface area contributed by atoms with Gasteiger partial charge in [-0.05, 0) is 19.3 Å². The van der Waals surface area contributed by atoms with Crippen molar-refractivity contribution in [3.63, 3.8) is 0 Å². The predicted octanol–water partition coefficient (Wildman–Crippen LogP) is 2.18. The highest BCUT2D eigenvalue weighted by atomic mass is 19.1. The van der Waals surface area contributed by atoms with Crippen molar-refractivity contribution in [2.24, 2.45) is 11.8 Å². The van der Waals surface area contributed by atoms with E-state index in [2.05, 4.69) is 26.3 Å². The number of nitrogens with zero attached hydrogens (tertiary/aromatic N) is 4. The molecular formula is C22H28FN7O4. The number of hydrogen-bond donors (Lipinski definition) is 3. The maximum Gasteiger partial charge on any atom is 0.243 e. The number of rotatable bonds is 10. The number of aromatic nitrogens is 2. The summed E-state index contributed by atoms with van der Waals surface area (Å²) in [6.45, 7) is 1.99. The third kappa shape index (κ3) is 5.63. The fraction of sp³-hybridized carbons (Fsp3) is 0.455. The normalized spacial score (nSPS) is 18.1. The van der Waals surface area contributed by atoms with Gasteiger partial charge in [0.25, 0.3) is 0 Å². The molecule has 2 amide bonds. The first kappa shape index (κ1) is 23.5. The van der Waals surface area contributed by atoms with E-state index in [0.29, 0.717) is 31.2 Å². The van der Waals surface area contributed by atoms with Gasteiger partial charge < -0.3 is 14.5 Å². The van der Waals surface area contributed by atoms with Gasteiger partial charge in [-0.2, -0.15) is 4.39 Å². The lowest BCUT2D eigenvalue weighted by Crippen LogP contribution is -2.39. The molecule has 1 aromatic heterocycles. The van der Waals surface area contributed by atoms with Gasteiger partial charge in [0.1, 0.15) is 18.7 Å². The van der Waals surface area contributed by atoms with Crippen molar-refractivity contribution in [1.82, 2.24) is 25.8 Å². The van der Waals surface area contributed by atoms with Crippen LogP contribution in [0.2, 0.25) is 0 Å². The molecule has 0 radical (unpaired) electrons. The molecule has 4 rings (SSSR count). The fourth-order valence-corrected chi connectivity index (χ4v) is 4.24. The number of fused-ring (bicyclic) bond motifs is 1. The number of hydroxylamine groups is 1. The predicted molar refractivity (Wildman–Crippen MR) is 120 cm³/mol. The van der Waals surface area contributed by atoms with Gasteiger partial charge in [0, 0.05) is 24.8 Å². The molecule has 3 aliphatic rings. The minimum atomic E-state index is -0.723. The number of amides is 2. The summed E-state index contributed by atoms with van der Waals surface area (Å²) in [5.41, 5.74) is 8.06. The average Bonchev–Trinajstić information content (AvgIpc) is 3.36. The van der Waals surface area contributed by atoms with E-state index in [0.717, 1.165) is 31.4 Å². The quantitative estimate of drug-likeness (QED) is 0.267. The Kier molecular flexibility index (Phi) is 7.58. The molecule has 2 aliphatic heterocycles. The van der Waals surface area contributed by atoms with Gasteiger partial charge in [-0.15, -0.1) is 0 Å². The molecular weight excluding hydrogens is 445 g/mol. The van der Waals surface area contributed by atoms with Gasteiger partial charge in [0.05, 0.1) is 18.2 Å². The summed E-state index contributed by atoms with van der Waals surface area (Å²) in [4.78, 5) is 40.1. The first-order valence-corrected chi connectivity index (χ1v) is 11.2. The van der Waals surface area contributed by atoms with Crippen LogP contribution in [-0.2, 0) is 19.2 Å². The van der Waals surface area contributed by atoms with Crippen LogP contribution in [0.1, 0.15) is 37.9 Å². The first-order valence-electron chi connectivity index (χ1n) is 11.2. The molecule has 0 saturated heterocycles. The minimum Gasteiger partial charge on any atom is -0.493 e. The van der Waals surface area contributed by atoms with Crippen LogP contribution < -0.4 is 21.2 Å². The van der Waals surface area contributed by atoms with Crippen molar-refractivity contribution >= 4 is 24.0 Å². The number of hydrogen-bond acceptors (Lipinski definition) is 9. The highest BCUT2D eigenvalue weighted by molar-refractivity contribution is 5.80. The van der Waals surface area contributed by atoms with E-state index in [4.69, 9.17) is 9.57 Å². The zero-order valence-electron chi connectivity index (χ0n) is 18.9. The summed E-state index contributed by atoms with van der Waals surface area (Å²) < 4.78 is 20.6. The van der Waals surface area contributed by atoms with E-state index in [1.165, 1.54) is 4.90 Å². The summed E-state index contributed by atoms with van der Waals surface area (Å²) in [5, 5.41) is 0. The Labute approximate surface area is 196 Å². The second-order valence-corrected chi connectivity index (χ2v) is 8.33. The molecule has 1 atom stereocenters. The van der Waals surface area contributed by atoms with Crippen LogP contribution in [0.25, 0.3) is 0 Å². The summed E-state index contributed by atoms with van der Waals surface area (Å²) in [5.74, 6) is -1.01. The largest absolute Gasteiger partial charge is 0.493 e. The van der Waals surface area contributed by atoms with Crippen molar-refractivity contribution < 1.29 is 23.6 Å². The molecule has 11 nitrogen and oxygen atoms in total. The molecule has 3 heterocycles. The molecule has 1 fully saturated rings. The molecule has 3 N–H and O–H groups in total.